The second kappa shape index (κ2) is 4.74. The number of phenolic OH excluding ortho intramolecular Hbond substituents is 1. The van der Waals surface area contributed by atoms with Crippen LogP contribution in [0.15, 0.2) is 18.2 Å². The van der Waals surface area contributed by atoms with Crippen molar-refractivity contribution >= 4 is 0 Å². The fourth-order valence-electron chi connectivity index (χ4n) is 2.15. The highest BCUT2D eigenvalue weighted by atomic mass is 16.5. The van der Waals surface area contributed by atoms with E-state index in [2.05, 4.69) is 12.2 Å². The van der Waals surface area contributed by atoms with Gasteiger partial charge < -0.3 is 15.2 Å². The van der Waals surface area contributed by atoms with Crippen LogP contribution in [-0.2, 0) is 6.54 Å². The largest absolute Gasteiger partial charge is 0.508 e. The van der Waals surface area contributed by atoms with Crippen molar-refractivity contribution in [3.05, 3.63) is 23.8 Å². The molecule has 0 heterocycles. The maximum Gasteiger partial charge on any atom is 0.120 e. The van der Waals surface area contributed by atoms with Gasteiger partial charge in [-0.2, -0.15) is 0 Å². The van der Waals surface area contributed by atoms with Crippen molar-refractivity contribution < 1.29 is 9.84 Å². The molecule has 88 valence electrons. The van der Waals surface area contributed by atoms with Gasteiger partial charge in [-0.3, -0.25) is 0 Å². The van der Waals surface area contributed by atoms with E-state index in [-0.39, 0.29) is 0 Å². The third-order valence-electron chi connectivity index (χ3n) is 3.24. The molecule has 1 aromatic carbocycles. The topological polar surface area (TPSA) is 41.5 Å². The Morgan fingerprint density at radius 3 is 2.81 bits per heavy atom. The quantitative estimate of drug-likeness (QED) is 0.819. The Morgan fingerprint density at radius 2 is 2.19 bits per heavy atom. The van der Waals surface area contributed by atoms with Gasteiger partial charge in [-0.25, -0.2) is 0 Å². The minimum atomic E-state index is 0.334. The van der Waals surface area contributed by atoms with Crippen LogP contribution < -0.4 is 10.1 Å². The summed E-state index contributed by atoms with van der Waals surface area (Å²) in [5.41, 5.74) is 0.902. The van der Waals surface area contributed by atoms with Crippen LogP contribution in [0.1, 0.15) is 25.3 Å². The summed E-state index contributed by atoms with van der Waals surface area (Å²) in [4.78, 5) is 0. The number of rotatable bonds is 4. The van der Waals surface area contributed by atoms with E-state index >= 15 is 0 Å². The van der Waals surface area contributed by atoms with E-state index in [1.54, 1.807) is 19.2 Å². The Balaban J connectivity index is 1.92. The van der Waals surface area contributed by atoms with E-state index in [4.69, 9.17) is 4.74 Å². The Kier molecular flexibility index (Phi) is 3.34. The molecule has 0 atom stereocenters. The lowest BCUT2D eigenvalue weighted by Crippen LogP contribution is -2.39. The van der Waals surface area contributed by atoms with Gasteiger partial charge >= 0.3 is 0 Å². The summed E-state index contributed by atoms with van der Waals surface area (Å²) in [5.74, 6) is 1.97. The van der Waals surface area contributed by atoms with Gasteiger partial charge in [0.05, 0.1) is 7.11 Å². The first-order valence-electron chi connectivity index (χ1n) is 5.78. The second-order valence-corrected chi connectivity index (χ2v) is 4.65. The minimum Gasteiger partial charge on any atom is -0.508 e. The zero-order chi connectivity index (χ0) is 11.5. The molecule has 1 aromatic rings. The highest BCUT2D eigenvalue weighted by molar-refractivity contribution is 5.39. The summed E-state index contributed by atoms with van der Waals surface area (Å²) < 4.78 is 5.14. The van der Waals surface area contributed by atoms with Crippen molar-refractivity contribution in [1.29, 1.82) is 0 Å². The van der Waals surface area contributed by atoms with Crippen LogP contribution in [0.3, 0.4) is 0 Å². The molecule has 0 aromatic heterocycles. The summed E-state index contributed by atoms with van der Waals surface area (Å²) in [5, 5.41) is 13.1. The van der Waals surface area contributed by atoms with Crippen molar-refractivity contribution in [3.8, 4) is 11.5 Å². The van der Waals surface area contributed by atoms with Gasteiger partial charge in [-0.05, 0) is 37.0 Å². The van der Waals surface area contributed by atoms with Gasteiger partial charge in [0.1, 0.15) is 11.5 Å². The second-order valence-electron chi connectivity index (χ2n) is 4.65. The van der Waals surface area contributed by atoms with Crippen LogP contribution in [0.5, 0.6) is 11.5 Å². The molecule has 16 heavy (non-hydrogen) atoms. The van der Waals surface area contributed by atoms with Gasteiger partial charge in [-0.1, -0.05) is 6.92 Å². The van der Waals surface area contributed by atoms with Gasteiger partial charge in [-0.15, -0.1) is 0 Å². The van der Waals surface area contributed by atoms with E-state index in [9.17, 15) is 5.11 Å². The molecule has 0 aliphatic heterocycles. The predicted molar refractivity (Wildman–Crippen MR) is 63.7 cm³/mol. The smallest absolute Gasteiger partial charge is 0.120 e. The summed E-state index contributed by atoms with van der Waals surface area (Å²) in [7, 11) is 1.64. The van der Waals surface area contributed by atoms with E-state index in [1.807, 2.05) is 6.07 Å². The molecule has 0 amide bonds. The van der Waals surface area contributed by atoms with Gasteiger partial charge in [0.15, 0.2) is 0 Å². The standard InChI is InChI=1S/C13H19NO2/c1-9-5-11(6-9)14-8-10-7-12(16-2)3-4-13(10)15/h3-4,7,9,11,14-15H,5-6,8H2,1-2H3. The Bertz CT molecular complexity index is 359. The normalized spacial score (nSPS) is 23.9. The Labute approximate surface area is 96.4 Å². The third kappa shape index (κ3) is 2.47. The van der Waals surface area contributed by atoms with E-state index < -0.39 is 0 Å². The number of benzene rings is 1. The lowest BCUT2D eigenvalue weighted by Gasteiger charge is -2.33. The molecule has 2 rings (SSSR count). The summed E-state index contributed by atoms with van der Waals surface area (Å²) >= 11 is 0. The summed E-state index contributed by atoms with van der Waals surface area (Å²) in [6.07, 6.45) is 2.48. The number of hydrogen-bond donors (Lipinski definition) is 2. The van der Waals surface area contributed by atoms with Crippen LogP contribution in [-0.4, -0.2) is 18.3 Å². The molecule has 0 unspecified atom stereocenters. The molecule has 2 N–H and O–H groups in total. The van der Waals surface area contributed by atoms with Gasteiger partial charge in [0, 0.05) is 18.2 Å². The molecule has 1 aliphatic rings. The first-order valence-corrected chi connectivity index (χ1v) is 5.78. The maximum absolute atomic E-state index is 9.69. The highest BCUT2D eigenvalue weighted by Crippen LogP contribution is 2.28. The average molecular weight is 221 g/mol. The molecule has 3 nitrogen and oxygen atoms in total. The zero-order valence-electron chi connectivity index (χ0n) is 9.86. The number of hydrogen-bond acceptors (Lipinski definition) is 3. The fourth-order valence-corrected chi connectivity index (χ4v) is 2.15. The first-order chi connectivity index (χ1) is 7.69. The van der Waals surface area contributed by atoms with Crippen LogP contribution >= 0.6 is 0 Å². The Hall–Kier alpha value is -1.22. The molecule has 0 radical (unpaired) electrons. The fraction of sp³-hybridized carbons (Fsp3) is 0.538. The number of ether oxygens (including phenoxy) is 1. The van der Waals surface area contributed by atoms with Crippen LogP contribution in [0.25, 0.3) is 0 Å². The molecule has 3 heteroatoms. The average Bonchev–Trinajstić information content (AvgIpc) is 2.25. The SMILES string of the molecule is COc1ccc(O)c(CNC2CC(C)C2)c1. The predicted octanol–water partition coefficient (Wildman–Crippen LogP) is 2.29. The molecule has 0 bridgehead atoms. The molecule has 1 fully saturated rings. The molecule has 1 saturated carbocycles. The van der Waals surface area contributed by atoms with Crippen LogP contribution in [0.4, 0.5) is 0 Å². The summed E-state index contributed by atoms with van der Waals surface area (Å²) in [6, 6.07) is 5.94. The van der Waals surface area contributed by atoms with Crippen molar-refractivity contribution in [1.82, 2.24) is 5.32 Å². The van der Waals surface area contributed by atoms with Crippen molar-refractivity contribution in [2.45, 2.75) is 32.4 Å². The van der Waals surface area contributed by atoms with Crippen LogP contribution in [0.2, 0.25) is 0 Å². The van der Waals surface area contributed by atoms with Crippen molar-refractivity contribution in [3.63, 3.8) is 0 Å². The zero-order valence-corrected chi connectivity index (χ0v) is 9.86. The van der Waals surface area contributed by atoms with E-state index in [0.29, 0.717) is 18.3 Å². The number of nitrogens with one attached hydrogen (secondary N) is 1. The lowest BCUT2D eigenvalue weighted by molar-refractivity contribution is 0.239. The highest BCUT2D eigenvalue weighted by Gasteiger charge is 2.24. The molecule has 1 aliphatic carbocycles. The molecule has 0 spiro atoms. The molecule has 0 saturated heterocycles. The first kappa shape index (κ1) is 11.3. The number of methoxy groups -OCH3 is 1. The Morgan fingerprint density at radius 1 is 1.44 bits per heavy atom. The monoisotopic (exact) mass is 221 g/mol. The van der Waals surface area contributed by atoms with E-state index in [0.717, 1.165) is 17.2 Å². The van der Waals surface area contributed by atoms with Gasteiger partial charge in [0.2, 0.25) is 0 Å². The number of aromatic hydroxyl groups is 1. The lowest BCUT2D eigenvalue weighted by atomic mass is 9.82. The number of phenols is 1. The van der Waals surface area contributed by atoms with Crippen LogP contribution in [0, 0.1) is 5.92 Å². The van der Waals surface area contributed by atoms with Crippen molar-refractivity contribution in [2.75, 3.05) is 7.11 Å². The van der Waals surface area contributed by atoms with Crippen molar-refractivity contribution in [2.24, 2.45) is 5.92 Å². The summed E-state index contributed by atoms with van der Waals surface area (Å²) in [6.45, 7) is 2.97. The third-order valence-corrected chi connectivity index (χ3v) is 3.24. The van der Waals surface area contributed by atoms with E-state index in [1.165, 1.54) is 12.8 Å². The molecular weight excluding hydrogens is 202 g/mol. The minimum absolute atomic E-state index is 0.334. The van der Waals surface area contributed by atoms with Gasteiger partial charge in [0.25, 0.3) is 0 Å². The maximum atomic E-state index is 9.69. The molecular formula is C13H19NO2.